The molecule has 0 saturated heterocycles. The number of hydrogen-bond acceptors (Lipinski definition) is 7. The van der Waals surface area contributed by atoms with E-state index in [1.165, 1.54) is 5.56 Å². The van der Waals surface area contributed by atoms with Crippen LogP contribution in [0, 0.1) is 6.92 Å². The molecule has 0 saturated carbocycles. The molecule has 0 atom stereocenters. The molecule has 1 aromatic carbocycles. The fourth-order valence-corrected chi connectivity index (χ4v) is 4.18. The van der Waals surface area contributed by atoms with Gasteiger partial charge in [-0.2, -0.15) is 5.10 Å². The van der Waals surface area contributed by atoms with Gasteiger partial charge in [0.1, 0.15) is 29.6 Å². The van der Waals surface area contributed by atoms with Crippen molar-refractivity contribution in [2.45, 2.75) is 33.0 Å². The minimum Gasteiger partial charge on any atom is -0.497 e. The topological polar surface area (TPSA) is 74.3 Å². The van der Waals surface area contributed by atoms with Crippen molar-refractivity contribution in [1.29, 1.82) is 0 Å². The van der Waals surface area contributed by atoms with E-state index in [0.717, 1.165) is 51.6 Å². The highest BCUT2D eigenvalue weighted by Crippen LogP contribution is 2.32. The number of ether oxygens (including phenoxy) is 2. The Morgan fingerprint density at radius 2 is 1.87 bits per heavy atom. The molecule has 3 heterocycles. The van der Waals surface area contributed by atoms with Gasteiger partial charge in [0.2, 0.25) is 0 Å². The van der Waals surface area contributed by atoms with Crippen molar-refractivity contribution in [3.05, 3.63) is 71.4 Å². The van der Waals surface area contributed by atoms with Gasteiger partial charge in [0.15, 0.2) is 5.13 Å². The van der Waals surface area contributed by atoms with Crippen LogP contribution in [0.2, 0.25) is 0 Å². The number of aryl methyl sites for hydroxylation is 3. The summed E-state index contributed by atoms with van der Waals surface area (Å²) in [5.74, 6) is 2.54. The molecule has 0 unspecified atom stereocenters. The van der Waals surface area contributed by atoms with Crippen LogP contribution in [0.15, 0.2) is 53.1 Å². The Bertz CT molecular complexity index is 1110. The predicted molar refractivity (Wildman–Crippen MR) is 122 cm³/mol. The fourth-order valence-electron chi connectivity index (χ4n) is 3.25. The molecule has 0 spiro atoms. The number of aromatic nitrogens is 3. The van der Waals surface area contributed by atoms with Crippen molar-refractivity contribution in [3.63, 3.8) is 0 Å². The van der Waals surface area contributed by atoms with Crippen molar-refractivity contribution in [1.82, 2.24) is 14.8 Å². The lowest BCUT2D eigenvalue weighted by molar-refractivity contribution is 0.163. The van der Waals surface area contributed by atoms with Gasteiger partial charge >= 0.3 is 0 Å². The Hall–Kier alpha value is -3.10. The Balaban J connectivity index is 1.36. The molecule has 1 N–H and O–H groups in total. The molecule has 0 bridgehead atoms. The van der Waals surface area contributed by atoms with E-state index < -0.39 is 0 Å². The minimum atomic E-state index is 0.474. The summed E-state index contributed by atoms with van der Waals surface area (Å²) in [6, 6.07) is 14.1. The van der Waals surface area contributed by atoms with Gasteiger partial charge < -0.3 is 19.2 Å². The maximum atomic E-state index is 5.71. The first-order chi connectivity index (χ1) is 15.1. The quantitative estimate of drug-likeness (QED) is 0.379. The SMILES string of the molecule is COCc1ccc(CNc2nc(C)c(-c3ccn(CCc4ccc(OC)cc4)n3)s2)o1. The molecule has 0 aliphatic carbocycles. The van der Waals surface area contributed by atoms with Crippen LogP contribution in [0.3, 0.4) is 0 Å². The number of nitrogens with one attached hydrogen (secondary N) is 1. The molecule has 4 rings (SSSR count). The average molecular weight is 439 g/mol. The molecule has 31 heavy (non-hydrogen) atoms. The van der Waals surface area contributed by atoms with Gasteiger partial charge in [-0.25, -0.2) is 4.98 Å². The molecule has 0 radical (unpaired) electrons. The minimum absolute atomic E-state index is 0.474. The van der Waals surface area contributed by atoms with Crippen LogP contribution in [0.1, 0.15) is 22.8 Å². The van der Waals surface area contributed by atoms with Crippen molar-refractivity contribution in [3.8, 4) is 16.3 Å². The molecule has 162 valence electrons. The van der Waals surface area contributed by atoms with Crippen LogP contribution in [-0.4, -0.2) is 29.0 Å². The highest BCUT2D eigenvalue weighted by molar-refractivity contribution is 7.19. The maximum absolute atomic E-state index is 5.71. The third kappa shape index (κ3) is 5.34. The van der Waals surface area contributed by atoms with Gasteiger partial charge in [0, 0.05) is 19.9 Å². The van der Waals surface area contributed by atoms with Crippen molar-refractivity contribution in [2.75, 3.05) is 19.5 Å². The number of thiazole rings is 1. The number of furan rings is 1. The summed E-state index contributed by atoms with van der Waals surface area (Å²) in [5, 5.41) is 8.94. The first-order valence-electron chi connectivity index (χ1n) is 10.1. The van der Waals surface area contributed by atoms with Gasteiger partial charge in [0.05, 0.1) is 24.2 Å². The summed E-state index contributed by atoms with van der Waals surface area (Å²) >= 11 is 1.60. The normalized spacial score (nSPS) is 11.1. The smallest absolute Gasteiger partial charge is 0.183 e. The highest BCUT2D eigenvalue weighted by atomic mass is 32.1. The van der Waals surface area contributed by atoms with Gasteiger partial charge in [-0.3, -0.25) is 4.68 Å². The van der Waals surface area contributed by atoms with Crippen LogP contribution in [0.25, 0.3) is 10.6 Å². The van der Waals surface area contributed by atoms with Crippen LogP contribution in [0.5, 0.6) is 5.75 Å². The average Bonchev–Trinajstić information content (AvgIpc) is 3.51. The van der Waals surface area contributed by atoms with Crippen molar-refractivity contribution in [2.24, 2.45) is 0 Å². The van der Waals surface area contributed by atoms with Crippen molar-refractivity contribution >= 4 is 16.5 Å². The van der Waals surface area contributed by atoms with Crippen LogP contribution < -0.4 is 10.1 Å². The van der Waals surface area contributed by atoms with E-state index in [2.05, 4.69) is 22.4 Å². The van der Waals surface area contributed by atoms with E-state index in [4.69, 9.17) is 19.0 Å². The third-order valence-corrected chi connectivity index (χ3v) is 6.01. The van der Waals surface area contributed by atoms with E-state index in [9.17, 15) is 0 Å². The molecule has 0 aliphatic rings. The molecular weight excluding hydrogens is 412 g/mol. The second-order valence-electron chi connectivity index (χ2n) is 7.15. The summed E-state index contributed by atoms with van der Waals surface area (Å²) < 4.78 is 18.0. The molecule has 3 aromatic heterocycles. The van der Waals surface area contributed by atoms with Gasteiger partial charge in [0.25, 0.3) is 0 Å². The summed E-state index contributed by atoms with van der Waals surface area (Å²) in [6.45, 7) is 3.88. The number of rotatable bonds is 10. The molecule has 8 heteroatoms. The summed E-state index contributed by atoms with van der Waals surface area (Å²) in [6.07, 6.45) is 2.93. The standard InChI is InChI=1S/C23H26N4O3S/c1-16-22(31-23(25-16)24-14-19-8-9-20(30-19)15-28-2)21-11-13-27(26-21)12-10-17-4-6-18(29-3)7-5-17/h4-9,11,13H,10,12,14-15H2,1-3H3,(H,24,25). The predicted octanol–water partition coefficient (Wildman–Crippen LogP) is 4.92. The summed E-state index contributed by atoms with van der Waals surface area (Å²) in [5.41, 5.74) is 3.16. The van der Waals surface area contributed by atoms with Crippen LogP contribution in [0.4, 0.5) is 5.13 Å². The summed E-state index contributed by atoms with van der Waals surface area (Å²) in [7, 11) is 3.33. The van der Waals surface area contributed by atoms with E-state index in [0.29, 0.717) is 13.2 Å². The first kappa shape index (κ1) is 21.1. The second-order valence-corrected chi connectivity index (χ2v) is 8.15. The van der Waals surface area contributed by atoms with Gasteiger partial charge in [-0.15, -0.1) is 0 Å². The number of methoxy groups -OCH3 is 2. The molecule has 0 amide bonds. The van der Waals surface area contributed by atoms with Crippen molar-refractivity contribution < 1.29 is 13.9 Å². The molecule has 4 aromatic rings. The Morgan fingerprint density at radius 1 is 1.06 bits per heavy atom. The third-order valence-electron chi connectivity index (χ3n) is 4.88. The van der Waals surface area contributed by atoms with E-state index in [1.54, 1.807) is 25.6 Å². The molecule has 0 aliphatic heterocycles. The molecule has 7 nitrogen and oxygen atoms in total. The van der Waals surface area contributed by atoms with Crippen LogP contribution in [-0.2, 0) is 30.9 Å². The summed E-state index contributed by atoms with van der Waals surface area (Å²) in [4.78, 5) is 5.72. The van der Waals surface area contributed by atoms with Gasteiger partial charge in [-0.1, -0.05) is 23.5 Å². The van der Waals surface area contributed by atoms with E-state index in [-0.39, 0.29) is 0 Å². The zero-order valence-electron chi connectivity index (χ0n) is 17.9. The van der Waals surface area contributed by atoms with E-state index in [1.807, 2.05) is 48.1 Å². The number of nitrogens with zero attached hydrogens (tertiary/aromatic N) is 3. The zero-order valence-corrected chi connectivity index (χ0v) is 18.7. The monoisotopic (exact) mass is 438 g/mol. The van der Waals surface area contributed by atoms with Gasteiger partial charge in [-0.05, 0) is 49.2 Å². The maximum Gasteiger partial charge on any atom is 0.183 e. The van der Waals surface area contributed by atoms with Crippen LogP contribution >= 0.6 is 11.3 Å². The Morgan fingerprint density at radius 3 is 2.65 bits per heavy atom. The highest BCUT2D eigenvalue weighted by Gasteiger charge is 2.13. The van der Waals surface area contributed by atoms with E-state index >= 15 is 0 Å². The lowest BCUT2D eigenvalue weighted by atomic mass is 10.1. The largest absolute Gasteiger partial charge is 0.497 e. The molecule has 0 fully saturated rings. The lowest BCUT2D eigenvalue weighted by Gasteiger charge is -2.04. The number of anilines is 1. The fraction of sp³-hybridized carbons (Fsp3) is 0.304. The second kappa shape index (κ2) is 9.80. The lowest BCUT2D eigenvalue weighted by Crippen LogP contribution is -2.02. The molecular formula is C23H26N4O3S. The first-order valence-corrected chi connectivity index (χ1v) is 10.9. The number of benzene rings is 1. The number of hydrogen-bond donors (Lipinski definition) is 1. The zero-order chi connectivity index (χ0) is 21.6. The Labute approximate surface area is 185 Å². The Kier molecular flexibility index (Phi) is 6.69.